The number of aromatic amines is 1. The molecule has 1 aromatic carbocycles. The molecule has 0 atom stereocenters. The number of hydrogen-bond acceptors (Lipinski definition) is 3. The lowest BCUT2D eigenvalue weighted by molar-refractivity contribution is 0.255. The second-order valence-electron chi connectivity index (χ2n) is 7.36. The number of rotatable bonds is 5. The predicted octanol–water partition coefficient (Wildman–Crippen LogP) is 4.35. The Bertz CT molecular complexity index is 750. The van der Waals surface area contributed by atoms with E-state index >= 15 is 0 Å². The summed E-state index contributed by atoms with van der Waals surface area (Å²) in [4.78, 5) is 4.89. The van der Waals surface area contributed by atoms with Crippen molar-refractivity contribution in [3.63, 3.8) is 0 Å². The number of fused-ring (bicyclic) bond motifs is 1. The number of anilines is 1. The second kappa shape index (κ2) is 8.20. The summed E-state index contributed by atoms with van der Waals surface area (Å²) < 4.78 is 0. The van der Waals surface area contributed by atoms with Crippen LogP contribution in [0.25, 0.3) is 0 Å². The average Bonchev–Trinajstić information content (AvgIpc) is 3.08. The topological polar surface area (TPSA) is 35.2 Å². The molecule has 2 heterocycles. The SMILES string of the molecule is Clc1ccc(Cl)c(N2CCN(CCCc3n[nH]c4c3CCCC4)CC2)c1. The highest BCUT2D eigenvalue weighted by Crippen LogP contribution is 2.30. The summed E-state index contributed by atoms with van der Waals surface area (Å²) in [5.74, 6) is 0. The molecular formula is C20H26Cl2N4. The Hall–Kier alpha value is -1.23. The molecule has 0 unspecified atom stereocenters. The van der Waals surface area contributed by atoms with Crippen LogP contribution in [-0.4, -0.2) is 47.8 Å². The second-order valence-corrected chi connectivity index (χ2v) is 8.21. The first-order valence-electron chi connectivity index (χ1n) is 9.68. The van der Waals surface area contributed by atoms with Crippen molar-refractivity contribution in [1.82, 2.24) is 15.1 Å². The van der Waals surface area contributed by atoms with Crippen molar-refractivity contribution < 1.29 is 0 Å². The monoisotopic (exact) mass is 392 g/mol. The maximum atomic E-state index is 6.34. The van der Waals surface area contributed by atoms with Crippen LogP contribution in [-0.2, 0) is 19.3 Å². The molecule has 1 aliphatic carbocycles. The predicted molar refractivity (Wildman–Crippen MR) is 109 cm³/mol. The van der Waals surface area contributed by atoms with Crippen molar-refractivity contribution in [3.8, 4) is 0 Å². The maximum absolute atomic E-state index is 6.34. The van der Waals surface area contributed by atoms with E-state index in [-0.39, 0.29) is 0 Å². The fourth-order valence-electron chi connectivity index (χ4n) is 4.17. The van der Waals surface area contributed by atoms with Crippen LogP contribution in [0.2, 0.25) is 10.0 Å². The standard InChI is InChI=1S/C20H26Cl2N4/c21-15-7-8-17(22)20(14-15)26-12-10-25(11-13-26)9-3-6-19-16-4-1-2-5-18(16)23-24-19/h7-8,14H,1-6,9-13H2,(H,23,24). The molecule has 0 radical (unpaired) electrons. The molecule has 140 valence electrons. The van der Waals surface area contributed by atoms with Gasteiger partial charge in [0.2, 0.25) is 0 Å². The van der Waals surface area contributed by atoms with Crippen LogP contribution in [0.1, 0.15) is 36.2 Å². The van der Waals surface area contributed by atoms with E-state index in [4.69, 9.17) is 23.2 Å². The average molecular weight is 393 g/mol. The van der Waals surface area contributed by atoms with Gasteiger partial charge in [-0.2, -0.15) is 5.10 Å². The lowest BCUT2D eigenvalue weighted by Crippen LogP contribution is -2.46. The summed E-state index contributed by atoms with van der Waals surface area (Å²) in [5, 5.41) is 9.35. The van der Waals surface area contributed by atoms with E-state index in [1.165, 1.54) is 49.1 Å². The van der Waals surface area contributed by atoms with E-state index in [0.717, 1.165) is 54.9 Å². The number of aryl methyl sites for hydroxylation is 2. The molecule has 1 aliphatic heterocycles. The highest BCUT2D eigenvalue weighted by Gasteiger charge is 2.20. The Morgan fingerprint density at radius 3 is 2.69 bits per heavy atom. The highest BCUT2D eigenvalue weighted by atomic mass is 35.5. The number of H-pyrrole nitrogens is 1. The van der Waals surface area contributed by atoms with Gasteiger partial charge >= 0.3 is 0 Å². The van der Waals surface area contributed by atoms with Crippen molar-refractivity contribution in [2.24, 2.45) is 0 Å². The smallest absolute Gasteiger partial charge is 0.0657 e. The van der Waals surface area contributed by atoms with Gasteiger partial charge in [0, 0.05) is 36.9 Å². The molecule has 0 saturated carbocycles. The van der Waals surface area contributed by atoms with E-state index in [1.807, 2.05) is 18.2 Å². The molecule has 1 saturated heterocycles. The Balaban J connectivity index is 1.25. The minimum atomic E-state index is 0.745. The Morgan fingerprint density at radius 2 is 1.85 bits per heavy atom. The van der Waals surface area contributed by atoms with E-state index in [2.05, 4.69) is 20.0 Å². The van der Waals surface area contributed by atoms with Gasteiger partial charge in [-0.25, -0.2) is 0 Å². The lowest BCUT2D eigenvalue weighted by Gasteiger charge is -2.36. The minimum absolute atomic E-state index is 0.745. The fraction of sp³-hybridized carbons (Fsp3) is 0.550. The third-order valence-electron chi connectivity index (χ3n) is 5.65. The van der Waals surface area contributed by atoms with Crippen LogP contribution in [0.5, 0.6) is 0 Å². The van der Waals surface area contributed by atoms with E-state index in [0.29, 0.717) is 0 Å². The highest BCUT2D eigenvalue weighted by molar-refractivity contribution is 6.35. The van der Waals surface area contributed by atoms with Crippen LogP contribution < -0.4 is 4.90 Å². The summed E-state index contributed by atoms with van der Waals surface area (Å²) in [5.41, 5.74) is 5.26. The molecule has 0 amide bonds. The van der Waals surface area contributed by atoms with Gasteiger partial charge in [0.1, 0.15) is 0 Å². The van der Waals surface area contributed by atoms with Gasteiger partial charge in [0.15, 0.2) is 0 Å². The van der Waals surface area contributed by atoms with Crippen LogP contribution in [0.3, 0.4) is 0 Å². The molecule has 6 heteroatoms. The molecule has 4 nitrogen and oxygen atoms in total. The first kappa shape index (κ1) is 18.1. The van der Waals surface area contributed by atoms with Crippen LogP contribution in [0, 0.1) is 0 Å². The molecule has 0 bridgehead atoms. The normalized spacial score (nSPS) is 18.2. The summed E-state index contributed by atoms with van der Waals surface area (Å²) >= 11 is 12.5. The summed E-state index contributed by atoms with van der Waals surface area (Å²) in [7, 11) is 0. The number of aromatic nitrogens is 2. The van der Waals surface area contributed by atoms with Crippen LogP contribution >= 0.6 is 23.2 Å². The van der Waals surface area contributed by atoms with E-state index in [1.54, 1.807) is 0 Å². The largest absolute Gasteiger partial charge is 0.368 e. The van der Waals surface area contributed by atoms with Gasteiger partial charge in [0.25, 0.3) is 0 Å². The summed E-state index contributed by atoms with van der Waals surface area (Å²) in [6.07, 6.45) is 7.26. The number of hydrogen-bond donors (Lipinski definition) is 1. The molecular weight excluding hydrogens is 367 g/mol. The van der Waals surface area contributed by atoms with Crippen molar-refractivity contribution >= 4 is 28.9 Å². The zero-order valence-electron chi connectivity index (χ0n) is 15.1. The number of nitrogens with zero attached hydrogens (tertiary/aromatic N) is 3. The lowest BCUT2D eigenvalue weighted by atomic mass is 9.94. The summed E-state index contributed by atoms with van der Waals surface area (Å²) in [6, 6.07) is 5.70. The zero-order chi connectivity index (χ0) is 17.9. The van der Waals surface area contributed by atoms with Crippen molar-refractivity contribution in [2.75, 3.05) is 37.6 Å². The van der Waals surface area contributed by atoms with Gasteiger partial charge in [-0.1, -0.05) is 23.2 Å². The molecule has 0 spiro atoms. The van der Waals surface area contributed by atoms with Gasteiger partial charge < -0.3 is 4.90 Å². The summed E-state index contributed by atoms with van der Waals surface area (Å²) in [6.45, 7) is 5.28. The van der Waals surface area contributed by atoms with Crippen molar-refractivity contribution in [1.29, 1.82) is 0 Å². The third-order valence-corrected chi connectivity index (χ3v) is 6.21. The Kier molecular flexibility index (Phi) is 5.72. The Morgan fingerprint density at radius 1 is 1.04 bits per heavy atom. The maximum Gasteiger partial charge on any atom is 0.0657 e. The molecule has 4 rings (SSSR count). The number of halogens is 2. The van der Waals surface area contributed by atoms with Crippen molar-refractivity contribution in [2.45, 2.75) is 38.5 Å². The molecule has 2 aliphatic rings. The first-order chi connectivity index (χ1) is 12.7. The minimum Gasteiger partial charge on any atom is -0.368 e. The molecule has 1 fully saturated rings. The van der Waals surface area contributed by atoms with Gasteiger partial charge in [-0.3, -0.25) is 10.00 Å². The fourth-order valence-corrected chi connectivity index (χ4v) is 4.57. The third kappa shape index (κ3) is 4.03. The molecule has 2 aromatic rings. The number of benzene rings is 1. The first-order valence-corrected chi connectivity index (χ1v) is 10.4. The van der Waals surface area contributed by atoms with Gasteiger partial charge in [-0.15, -0.1) is 0 Å². The van der Waals surface area contributed by atoms with Crippen LogP contribution in [0.4, 0.5) is 5.69 Å². The van der Waals surface area contributed by atoms with Gasteiger partial charge in [-0.05, 0) is 68.8 Å². The number of piperazine rings is 1. The number of nitrogens with one attached hydrogen (secondary N) is 1. The Labute approximate surface area is 165 Å². The van der Waals surface area contributed by atoms with E-state index in [9.17, 15) is 0 Å². The molecule has 26 heavy (non-hydrogen) atoms. The van der Waals surface area contributed by atoms with Crippen LogP contribution in [0.15, 0.2) is 18.2 Å². The molecule has 1 N–H and O–H groups in total. The zero-order valence-corrected chi connectivity index (χ0v) is 16.6. The molecule has 1 aromatic heterocycles. The quantitative estimate of drug-likeness (QED) is 0.820. The van der Waals surface area contributed by atoms with Crippen molar-refractivity contribution in [3.05, 3.63) is 45.2 Å². The van der Waals surface area contributed by atoms with E-state index < -0.39 is 0 Å². The van der Waals surface area contributed by atoms with Gasteiger partial charge in [0.05, 0.1) is 16.4 Å².